The Hall–Kier alpha value is -2.74. The van der Waals surface area contributed by atoms with Crippen LogP contribution in [-0.4, -0.2) is 14.1 Å². The molecular weight excluding hydrogens is 292 g/mol. The van der Waals surface area contributed by atoms with Crippen LogP contribution in [0.5, 0.6) is 0 Å². The first-order valence-electron chi connectivity index (χ1n) is 8.54. The molecular formula is C22H22N2. The van der Waals surface area contributed by atoms with Gasteiger partial charge in [0, 0.05) is 36.6 Å². The molecule has 2 nitrogen and oxygen atoms in total. The summed E-state index contributed by atoms with van der Waals surface area (Å²) in [4.78, 5) is 0. The Morgan fingerprint density at radius 1 is 0.708 bits per heavy atom. The number of benzene rings is 3. The number of hydrogen-bond donors (Lipinski definition) is 2. The van der Waals surface area contributed by atoms with Gasteiger partial charge in [-0.3, -0.25) is 0 Å². The summed E-state index contributed by atoms with van der Waals surface area (Å²) in [6.45, 7) is 0. The smallest absolute Gasteiger partial charge is 0.0424 e. The van der Waals surface area contributed by atoms with Gasteiger partial charge in [-0.15, -0.1) is 0 Å². The van der Waals surface area contributed by atoms with E-state index in [2.05, 4.69) is 71.3 Å². The fourth-order valence-corrected chi connectivity index (χ4v) is 3.73. The molecule has 24 heavy (non-hydrogen) atoms. The van der Waals surface area contributed by atoms with Gasteiger partial charge in [0.2, 0.25) is 0 Å². The lowest BCUT2D eigenvalue weighted by atomic mass is 9.91. The fraction of sp³-hybridized carbons (Fsp3) is 0.182. The predicted molar refractivity (Wildman–Crippen MR) is 106 cm³/mol. The molecule has 120 valence electrons. The van der Waals surface area contributed by atoms with Crippen LogP contribution in [-0.2, 0) is 0 Å². The summed E-state index contributed by atoms with van der Waals surface area (Å²) in [6, 6.07) is 17.4. The molecule has 0 aliphatic heterocycles. The SMILES string of the molecule is CNc1ccc2c(c1-c1c(NC)ccc3ccccc13)=CCCC=2. The molecule has 0 saturated carbocycles. The van der Waals surface area contributed by atoms with Crippen molar-refractivity contribution in [1.82, 2.24) is 0 Å². The average Bonchev–Trinajstić information content (AvgIpc) is 2.66. The maximum atomic E-state index is 3.40. The van der Waals surface area contributed by atoms with E-state index in [1.807, 2.05) is 14.1 Å². The summed E-state index contributed by atoms with van der Waals surface area (Å²) < 4.78 is 0. The molecule has 0 bridgehead atoms. The molecule has 0 fully saturated rings. The Bertz CT molecular complexity index is 1030. The van der Waals surface area contributed by atoms with Crippen molar-refractivity contribution < 1.29 is 0 Å². The molecule has 0 spiro atoms. The van der Waals surface area contributed by atoms with Gasteiger partial charge in [-0.05, 0) is 46.2 Å². The fourth-order valence-electron chi connectivity index (χ4n) is 3.73. The van der Waals surface area contributed by atoms with Crippen LogP contribution in [0.15, 0.2) is 48.5 Å². The van der Waals surface area contributed by atoms with Gasteiger partial charge in [0.15, 0.2) is 0 Å². The topological polar surface area (TPSA) is 24.1 Å². The van der Waals surface area contributed by atoms with Crippen LogP contribution < -0.4 is 21.1 Å². The van der Waals surface area contributed by atoms with E-state index in [4.69, 9.17) is 0 Å². The van der Waals surface area contributed by atoms with Gasteiger partial charge in [0.25, 0.3) is 0 Å². The second-order valence-corrected chi connectivity index (χ2v) is 6.19. The first kappa shape index (κ1) is 14.8. The molecule has 2 heteroatoms. The van der Waals surface area contributed by atoms with Crippen molar-refractivity contribution in [2.45, 2.75) is 12.8 Å². The Morgan fingerprint density at radius 3 is 2.25 bits per heavy atom. The third-order valence-corrected chi connectivity index (χ3v) is 4.88. The minimum Gasteiger partial charge on any atom is -0.388 e. The van der Waals surface area contributed by atoms with Gasteiger partial charge >= 0.3 is 0 Å². The van der Waals surface area contributed by atoms with E-state index in [9.17, 15) is 0 Å². The van der Waals surface area contributed by atoms with Crippen LogP contribution in [0.2, 0.25) is 0 Å². The summed E-state index contributed by atoms with van der Waals surface area (Å²) in [7, 11) is 4.00. The first-order valence-corrected chi connectivity index (χ1v) is 8.54. The normalized spacial score (nSPS) is 12.9. The van der Waals surface area contributed by atoms with Gasteiger partial charge in [-0.2, -0.15) is 0 Å². The Kier molecular flexibility index (Phi) is 3.73. The summed E-state index contributed by atoms with van der Waals surface area (Å²) in [5.74, 6) is 0. The Labute approximate surface area is 142 Å². The second kappa shape index (κ2) is 6.04. The minimum absolute atomic E-state index is 1.10. The number of anilines is 2. The standard InChI is InChI=1S/C22H22N2/c1-23-19-13-11-15-7-3-5-9-17(15)21(19)22-18-10-6-4-8-16(18)12-14-20(22)24-2/h3,5,7-14,23-24H,4,6H2,1-2H3. The summed E-state index contributed by atoms with van der Waals surface area (Å²) in [5, 5.41) is 12.0. The minimum atomic E-state index is 1.10. The molecule has 3 aromatic carbocycles. The molecule has 0 unspecified atom stereocenters. The number of rotatable bonds is 3. The van der Waals surface area contributed by atoms with Crippen molar-refractivity contribution in [1.29, 1.82) is 0 Å². The lowest BCUT2D eigenvalue weighted by Crippen LogP contribution is -2.29. The zero-order chi connectivity index (χ0) is 16.5. The largest absolute Gasteiger partial charge is 0.388 e. The van der Waals surface area contributed by atoms with Crippen molar-refractivity contribution in [2.75, 3.05) is 24.7 Å². The van der Waals surface area contributed by atoms with Gasteiger partial charge in [0.1, 0.15) is 0 Å². The number of hydrogen-bond acceptors (Lipinski definition) is 2. The van der Waals surface area contributed by atoms with Gasteiger partial charge in [0.05, 0.1) is 0 Å². The van der Waals surface area contributed by atoms with Crippen LogP contribution in [0.3, 0.4) is 0 Å². The molecule has 0 saturated heterocycles. The summed E-state index contributed by atoms with van der Waals surface area (Å²) in [5.41, 5.74) is 4.92. The van der Waals surface area contributed by atoms with E-state index < -0.39 is 0 Å². The van der Waals surface area contributed by atoms with Gasteiger partial charge < -0.3 is 10.6 Å². The van der Waals surface area contributed by atoms with E-state index >= 15 is 0 Å². The highest BCUT2D eigenvalue weighted by Gasteiger charge is 2.15. The van der Waals surface area contributed by atoms with Crippen LogP contribution in [0.4, 0.5) is 11.4 Å². The third kappa shape index (κ3) is 2.26. The zero-order valence-corrected chi connectivity index (χ0v) is 14.2. The quantitative estimate of drug-likeness (QED) is 0.765. The van der Waals surface area contributed by atoms with E-state index in [0.29, 0.717) is 0 Å². The van der Waals surface area contributed by atoms with Crippen LogP contribution >= 0.6 is 0 Å². The van der Waals surface area contributed by atoms with Crippen LogP contribution in [0, 0.1) is 0 Å². The van der Waals surface area contributed by atoms with Gasteiger partial charge in [-0.1, -0.05) is 48.6 Å². The maximum Gasteiger partial charge on any atom is 0.0424 e. The van der Waals surface area contributed by atoms with E-state index in [-0.39, 0.29) is 0 Å². The predicted octanol–water partition coefficient (Wildman–Crippen LogP) is 3.95. The third-order valence-electron chi connectivity index (χ3n) is 4.88. The number of fused-ring (bicyclic) bond motifs is 2. The van der Waals surface area contributed by atoms with Crippen molar-refractivity contribution in [3.8, 4) is 11.1 Å². The van der Waals surface area contributed by atoms with Crippen molar-refractivity contribution in [3.05, 3.63) is 59.0 Å². The highest BCUT2D eigenvalue weighted by Crippen LogP contribution is 2.37. The highest BCUT2D eigenvalue weighted by molar-refractivity contribution is 6.05. The Balaban J connectivity index is 2.20. The maximum absolute atomic E-state index is 3.40. The molecule has 1 aliphatic rings. The molecule has 2 N–H and O–H groups in total. The van der Waals surface area contributed by atoms with Crippen LogP contribution in [0.1, 0.15) is 12.8 Å². The molecule has 0 atom stereocenters. The summed E-state index contributed by atoms with van der Waals surface area (Å²) >= 11 is 0. The molecule has 0 radical (unpaired) electrons. The average molecular weight is 314 g/mol. The highest BCUT2D eigenvalue weighted by atomic mass is 14.8. The van der Waals surface area contributed by atoms with E-state index in [1.165, 1.54) is 38.0 Å². The Morgan fingerprint density at radius 2 is 1.42 bits per heavy atom. The lowest BCUT2D eigenvalue weighted by molar-refractivity contribution is 1.12. The molecule has 0 heterocycles. The molecule has 0 amide bonds. The zero-order valence-electron chi connectivity index (χ0n) is 14.2. The lowest BCUT2D eigenvalue weighted by Gasteiger charge is -2.18. The first-order chi connectivity index (χ1) is 11.8. The van der Waals surface area contributed by atoms with E-state index in [0.717, 1.165) is 18.5 Å². The number of nitrogens with one attached hydrogen (secondary N) is 2. The van der Waals surface area contributed by atoms with Crippen molar-refractivity contribution >= 4 is 34.3 Å². The molecule has 1 aliphatic carbocycles. The van der Waals surface area contributed by atoms with E-state index in [1.54, 1.807) is 0 Å². The van der Waals surface area contributed by atoms with Gasteiger partial charge in [-0.25, -0.2) is 0 Å². The van der Waals surface area contributed by atoms with Crippen molar-refractivity contribution in [2.24, 2.45) is 0 Å². The second-order valence-electron chi connectivity index (χ2n) is 6.19. The summed E-state index contributed by atoms with van der Waals surface area (Å²) in [6.07, 6.45) is 6.96. The van der Waals surface area contributed by atoms with Crippen LogP contribution in [0.25, 0.3) is 34.1 Å². The van der Waals surface area contributed by atoms with Crippen molar-refractivity contribution in [3.63, 3.8) is 0 Å². The molecule has 4 rings (SSSR count). The molecule has 3 aromatic rings. The molecule has 0 aromatic heterocycles. The monoisotopic (exact) mass is 314 g/mol.